The second-order valence-corrected chi connectivity index (χ2v) is 4.10. The zero-order valence-corrected chi connectivity index (χ0v) is 9.51. The fourth-order valence-electron chi connectivity index (χ4n) is 2.08. The average Bonchev–Trinajstić information content (AvgIpc) is 2.80. The molecular weight excluding hydrogens is 234 g/mol. The Hall–Kier alpha value is -2.44. The van der Waals surface area contributed by atoms with Gasteiger partial charge in [-0.25, -0.2) is 4.98 Å². The second-order valence-electron chi connectivity index (χ2n) is 4.10. The van der Waals surface area contributed by atoms with Crippen LogP contribution in [0, 0.1) is 0 Å². The molecule has 0 unspecified atom stereocenters. The molecule has 18 heavy (non-hydrogen) atoms. The van der Waals surface area contributed by atoms with Crippen LogP contribution >= 0.6 is 0 Å². The molecule has 7 nitrogen and oxygen atoms in total. The molecule has 0 atom stereocenters. The van der Waals surface area contributed by atoms with Crippen molar-refractivity contribution in [3.63, 3.8) is 0 Å². The molecule has 3 rings (SSSR count). The van der Waals surface area contributed by atoms with Crippen molar-refractivity contribution in [1.82, 2.24) is 25.1 Å². The van der Waals surface area contributed by atoms with Crippen LogP contribution in [0.3, 0.4) is 0 Å². The van der Waals surface area contributed by atoms with E-state index in [0.29, 0.717) is 25.2 Å². The molecule has 0 saturated carbocycles. The number of rotatable bonds is 1. The van der Waals surface area contributed by atoms with Crippen LogP contribution in [0.5, 0.6) is 0 Å². The molecule has 2 N–H and O–H groups in total. The number of nitrogens with one attached hydrogen (secondary N) is 2. The highest BCUT2D eigenvalue weighted by Gasteiger charge is 2.25. The summed E-state index contributed by atoms with van der Waals surface area (Å²) < 4.78 is 0. The predicted molar refractivity (Wildman–Crippen MR) is 61.9 cm³/mol. The van der Waals surface area contributed by atoms with Gasteiger partial charge in [-0.1, -0.05) is 0 Å². The van der Waals surface area contributed by atoms with Crippen LogP contribution in [0.2, 0.25) is 0 Å². The molecule has 0 radical (unpaired) electrons. The normalized spacial score (nSPS) is 14.3. The van der Waals surface area contributed by atoms with Crippen molar-refractivity contribution < 1.29 is 4.79 Å². The van der Waals surface area contributed by atoms with Gasteiger partial charge >= 0.3 is 0 Å². The number of H-pyrrole nitrogens is 2. The lowest BCUT2D eigenvalue weighted by Gasteiger charge is -2.25. The molecule has 3 heterocycles. The lowest BCUT2D eigenvalue weighted by atomic mass is 10.1. The van der Waals surface area contributed by atoms with Gasteiger partial charge in [0.2, 0.25) is 0 Å². The Morgan fingerprint density at radius 2 is 2.22 bits per heavy atom. The van der Waals surface area contributed by atoms with Crippen LogP contribution in [-0.4, -0.2) is 37.5 Å². The highest BCUT2D eigenvalue weighted by molar-refractivity contribution is 5.92. The van der Waals surface area contributed by atoms with Crippen molar-refractivity contribution in [2.75, 3.05) is 6.54 Å². The summed E-state index contributed by atoms with van der Waals surface area (Å²) in [6.45, 7) is 0.910. The fraction of sp³-hybridized carbons (Fsp3) is 0.273. The number of aromatic nitrogens is 4. The van der Waals surface area contributed by atoms with Gasteiger partial charge in [-0.2, -0.15) is 0 Å². The highest BCUT2D eigenvalue weighted by atomic mass is 16.2. The van der Waals surface area contributed by atoms with E-state index in [4.69, 9.17) is 0 Å². The van der Waals surface area contributed by atoms with E-state index in [1.54, 1.807) is 4.90 Å². The Morgan fingerprint density at radius 3 is 3.00 bits per heavy atom. The summed E-state index contributed by atoms with van der Waals surface area (Å²) in [6.07, 6.45) is 5.01. The number of nitrogens with zero attached hydrogens (tertiary/aromatic N) is 3. The molecule has 1 aliphatic heterocycles. The van der Waals surface area contributed by atoms with Crippen LogP contribution in [-0.2, 0) is 13.0 Å². The van der Waals surface area contributed by atoms with Gasteiger partial charge < -0.3 is 10.00 Å². The SMILES string of the molecule is O=C(c1cnccn1)N1CCc2c([nH][nH]c2=O)C1. The van der Waals surface area contributed by atoms with Gasteiger partial charge in [-0.05, 0) is 6.42 Å². The molecule has 0 aromatic carbocycles. The third kappa shape index (κ3) is 1.69. The first-order chi connectivity index (χ1) is 8.75. The van der Waals surface area contributed by atoms with Crippen molar-refractivity contribution in [1.29, 1.82) is 0 Å². The van der Waals surface area contributed by atoms with Crippen LogP contribution in [0.4, 0.5) is 0 Å². The summed E-state index contributed by atoms with van der Waals surface area (Å²) in [5.41, 5.74) is 1.72. The molecule has 2 aromatic rings. The van der Waals surface area contributed by atoms with Crippen molar-refractivity contribution in [3.05, 3.63) is 45.9 Å². The molecule has 1 aliphatic rings. The number of hydrogen-bond donors (Lipinski definition) is 2. The maximum absolute atomic E-state index is 12.1. The molecule has 0 bridgehead atoms. The topological polar surface area (TPSA) is 94.7 Å². The van der Waals surface area contributed by atoms with Gasteiger partial charge in [0.1, 0.15) is 5.69 Å². The quantitative estimate of drug-likeness (QED) is 0.720. The van der Waals surface area contributed by atoms with E-state index in [2.05, 4.69) is 20.2 Å². The maximum atomic E-state index is 12.1. The predicted octanol–water partition coefficient (Wildman–Crippen LogP) is -0.309. The molecule has 0 spiro atoms. The van der Waals surface area contributed by atoms with Crippen LogP contribution in [0.1, 0.15) is 21.7 Å². The summed E-state index contributed by atoms with van der Waals surface area (Å²) in [7, 11) is 0. The third-order valence-electron chi connectivity index (χ3n) is 3.02. The van der Waals surface area contributed by atoms with Gasteiger partial charge in [0.15, 0.2) is 0 Å². The lowest BCUT2D eigenvalue weighted by Crippen LogP contribution is -2.37. The van der Waals surface area contributed by atoms with Crippen molar-refractivity contribution >= 4 is 5.91 Å². The van der Waals surface area contributed by atoms with Crippen molar-refractivity contribution in [2.45, 2.75) is 13.0 Å². The third-order valence-corrected chi connectivity index (χ3v) is 3.02. The zero-order chi connectivity index (χ0) is 12.5. The smallest absolute Gasteiger partial charge is 0.274 e. The first kappa shape index (κ1) is 10.7. The van der Waals surface area contributed by atoms with Crippen LogP contribution in [0.25, 0.3) is 0 Å². The molecule has 0 fully saturated rings. The van der Waals surface area contributed by atoms with Crippen LogP contribution < -0.4 is 5.56 Å². The molecule has 7 heteroatoms. The fourth-order valence-corrected chi connectivity index (χ4v) is 2.08. The zero-order valence-electron chi connectivity index (χ0n) is 9.51. The van der Waals surface area contributed by atoms with Crippen LogP contribution in [0.15, 0.2) is 23.4 Å². The molecule has 0 aliphatic carbocycles. The molecule has 1 amide bonds. The Morgan fingerprint density at radius 1 is 1.33 bits per heavy atom. The number of hydrogen-bond acceptors (Lipinski definition) is 4. The van der Waals surface area contributed by atoms with Gasteiger partial charge in [0, 0.05) is 24.5 Å². The summed E-state index contributed by atoms with van der Waals surface area (Å²) in [6, 6.07) is 0. The Bertz CT molecular complexity index is 630. The largest absolute Gasteiger partial charge is 0.331 e. The molecule has 92 valence electrons. The lowest BCUT2D eigenvalue weighted by molar-refractivity contribution is 0.0726. The Balaban J connectivity index is 1.84. The number of carbonyl (C=O) groups is 1. The first-order valence-corrected chi connectivity index (χ1v) is 5.59. The maximum Gasteiger partial charge on any atom is 0.274 e. The monoisotopic (exact) mass is 245 g/mol. The first-order valence-electron chi connectivity index (χ1n) is 5.59. The highest BCUT2D eigenvalue weighted by Crippen LogP contribution is 2.14. The minimum Gasteiger partial charge on any atom is -0.331 e. The van der Waals surface area contributed by atoms with E-state index < -0.39 is 0 Å². The van der Waals surface area contributed by atoms with E-state index in [0.717, 1.165) is 11.3 Å². The minimum absolute atomic E-state index is 0.100. The van der Waals surface area contributed by atoms with Crippen molar-refractivity contribution in [3.8, 4) is 0 Å². The average molecular weight is 245 g/mol. The van der Waals surface area contributed by atoms with E-state index in [9.17, 15) is 9.59 Å². The molecular formula is C11H11N5O2. The van der Waals surface area contributed by atoms with E-state index >= 15 is 0 Å². The van der Waals surface area contributed by atoms with E-state index in [1.165, 1.54) is 18.6 Å². The number of aromatic amines is 2. The summed E-state index contributed by atoms with van der Waals surface area (Å²) in [5.74, 6) is -0.171. The molecule has 0 saturated heterocycles. The summed E-state index contributed by atoms with van der Waals surface area (Å²) >= 11 is 0. The number of amides is 1. The summed E-state index contributed by atoms with van der Waals surface area (Å²) in [4.78, 5) is 33.0. The van der Waals surface area contributed by atoms with Gasteiger partial charge in [-0.3, -0.25) is 19.7 Å². The second kappa shape index (κ2) is 4.10. The summed E-state index contributed by atoms with van der Waals surface area (Å²) in [5, 5.41) is 5.33. The number of carbonyl (C=O) groups excluding carboxylic acids is 1. The number of fused-ring (bicyclic) bond motifs is 1. The minimum atomic E-state index is -0.171. The standard InChI is InChI=1S/C11H11N5O2/c17-10-7-1-4-16(6-9(7)14-15-10)11(18)8-5-12-2-3-13-8/h2-3,5H,1,4,6H2,(H2,14,15,17). The Kier molecular flexibility index (Phi) is 2.44. The van der Waals surface area contributed by atoms with Gasteiger partial charge in [-0.15, -0.1) is 0 Å². The molecule has 2 aromatic heterocycles. The van der Waals surface area contributed by atoms with Gasteiger partial charge in [0.05, 0.1) is 18.4 Å². The van der Waals surface area contributed by atoms with E-state index in [-0.39, 0.29) is 11.5 Å². The van der Waals surface area contributed by atoms with Gasteiger partial charge in [0.25, 0.3) is 11.5 Å². The van der Waals surface area contributed by atoms with Crippen molar-refractivity contribution in [2.24, 2.45) is 0 Å². The van der Waals surface area contributed by atoms with E-state index in [1.807, 2.05) is 0 Å². The Labute approximate surface area is 102 Å².